The molecule has 1 saturated heterocycles. The molecule has 0 saturated carbocycles. The Kier molecular flexibility index (Phi) is 6.07. The molecule has 1 N–H and O–H groups in total. The number of hydrogen-bond acceptors (Lipinski definition) is 5. The Morgan fingerprint density at radius 3 is 3.00 bits per heavy atom. The maximum Gasteiger partial charge on any atom is 0.387 e. The van der Waals surface area contributed by atoms with E-state index in [1.807, 2.05) is 11.4 Å². The van der Waals surface area contributed by atoms with Crippen molar-refractivity contribution >= 4 is 23.7 Å². The van der Waals surface area contributed by atoms with Crippen LogP contribution < -0.4 is 10.1 Å². The van der Waals surface area contributed by atoms with E-state index in [0.29, 0.717) is 13.2 Å². The highest BCUT2D eigenvalue weighted by atomic mass is 35.5. The van der Waals surface area contributed by atoms with E-state index in [4.69, 9.17) is 4.74 Å². The summed E-state index contributed by atoms with van der Waals surface area (Å²) < 4.78 is 34.3. The van der Waals surface area contributed by atoms with Gasteiger partial charge in [-0.05, 0) is 12.1 Å². The summed E-state index contributed by atoms with van der Waals surface area (Å²) in [5, 5.41) is 6.18. The van der Waals surface area contributed by atoms with Crippen molar-refractivity contribution in [1.29, 1.82) is 0 Å². The molecule has 0 radical (unpaired) electrons. The zero-order valence-corrected chi connectivity index (χ0v) is 13.1. The lowest BCUT2D eigenvalue weighted by Gasteiger charge is -2.21. The zero-order chi connectivity index (χ0) is 14.7. The van der Waals surface area contributed by atoms with Crippen LogP contribution in [0.4, 0.5) is 8.78 Å². The topological polar surface area (TPSA) is 43.4 Å². The third kappa shape index (κ3) is 4.13. The van der Waals surface area contributed by atoms with E-state index in [1.54, 1.807) is 12.1 Å². The molecule has 1 aromatic heterocycles. The maximum absolute atomic E-state index is 12.2. The van der Waals surface area contributed by atoms with Crippen LogP contribution in [0.2, 0.25) is 0 Å². The molecule has 2 aromatic rings. The van der Waals surface area contributed by atoms with Crippen LogP contribution in [0, 0.1) is 0 Å². The standard InChI is InChI=1S/C14H14F2N2O2S.ClH/c15-14(16)20-10-3-1-2-9(6-10)12-8-21-13(18-12)11-7-19-5-4-17-11;/h1-3,6,8,11,14,17H,4-5,7H2;1H. The van der Waals surface area contributed by atoms with Gasteiger partial charge in [-0.3, -0.25) is 0 Å². The molecule has 0 bridgehead atoms. The lowest BCUT2D eigenvalue weighted by molar-refractivity contribution is -0.0498. The number of hydrogen-bond donors (Lipinski definition) is 1. The second kappa shape index (κ2) is 7.82. The molecule has 1 fully saturated rings. The van der Waals surface area contributed by atoms with Crippen molar-refractivity contribution in [3.8, 4) is 17.0 Å². The van der Waals surface area contributed by atoms with Gasteiger partial charge in [-0.1, -0.05) is 12.1 Å². The third-order valence-electron chi connectivity index (χ3n) is 3.10. The molecule has 0 spiro atoms. The van der Waals surface area contributed by atoms with E-state index in [0.717, 1.165) is 22.8 Å². The lowest BCUT2D eigenvalue weighted by atomic mass is 10.1. The summed E-state index contributed by atoms with van der Waals surface area (Å²) in [5.74, 6) is 0.135. The number of nitrogens with one attached hydrogen (secondary N) is 1. The summed E-state index contributed by atoms with van der Waals surface area (Å²) in [6, 6.07) is 6.66. The van der Waals surface area contributed by atoms with Crippen molar-refractivity contribution in [2.45, 2.75) is 12.7 Å². The minimum atomic E-state index is -2.82. The van der Waals surface area contributed by atoms with Crippen molar-refractivity contribution in [3.63, 3.8) is 0 Å². The number of rotatable bonds is 4. The Morgan fingerprint density at radius 1 is 1.41 bits per heavy atom. The summed E-state index contributed by atoms with van der Waals surface area (Å²) in [6.45, 7) is -0.713. The molecule has 1 unspecified atom stereocenters. The third-order valence-corrected chi connectivity index (χ3v) is 4.06. The largest absolute Gasteiger partial charge is 0.435 e. The van der Waals surface area contributed by atoms with E-state index in [-0.39, 0.29) is 24.2 Å². The highest BCUT2D eigenvalue weighted by Crippen LogP contribution is 2.29. The lowest BCUT2D eigenvalue weighted by Crippen LogP contribution is -2.34. The predicted octanol–water partition coefficient (Wildman–Crippen LogP) is 3.49. The Balaban J connectivity index is 0.00000176. The normalized spacial score (nSPS) is 18.0. The van der Waals surface area contributed by atoms with E-state index in [9.17, 15) is 8.78 Å². The van der Waals surface area contributed by atoms with Crippen LogP contribution in [0.15, 0.2) is 29.6 Å². The summed E-state index contributed by atoms with van der Waals surface area (Å²) in [6.07, 6.45) is 0. The number of ether oxygens (including phenoxy) is 2. The summed E-state index contributed by atoms with van der Waals surface area (Å²) >= 11 is 1.53. The Bertz CT molecular complexity index is 606. The molecule has 1 aromatic carbocycles. The van der Waals surface area contributed by atoms with Crippen molar-refractivity contribution in [2.24, 2.45) is 0 Å². The van der Waals surface area contributed by atoms with Gasteiger partial charge in [0, 0.05) is 17.5 Å². The van der Waals surface area contributed by atoms with Crippen LogP contribution in [0.5, 0.6) is 5.75 Å². The Labute approximate surface area is 136 Å². The molecule has 0 amide bonds. The molecular weight excluding hydrogens is 334 g/mol. The molecule has 1 atom stereocenters. The molecule has 8 heteroatoms. The number of morpholine rings is 1. The van der Waals surface area contributed by atoms with Gasteiger partial charge >= 0.3 is 6.61 Å². The highest BCUT2D eigenvalue weighted by molar-refractivity contribution is 7.10. The van der Waals surface area contributed by atoms with E-state index in [2.05, 4.69) is 15.0 Å². The van der Waals surface area contributed by atoms with Gasteiger partial charge in [-0.25, -0.2) is 4.98 Å². The van der Waals surface area contributed by atoms with Gasteiger partial charge in [0.25, 0.3) is 0 Å². The Hall–Kier alpha value is -1.28. The van der Waals surface area contributed by atoms with Gasteiger partial charge in [-0.15, -0.1) is 23.7 Å². The molecule has 22 heavy (non-hydrogen) atoms. The van der Waals surface area contributed by atoms with Crippen LogP contribution in [0.25, 0.3) is 11.3 Å². The van der Waals surface area contributed by atoms with Gasteiger partial charge in [-0.2, -0.15) is 8.78 Å². The SMILES string of the molecule is Cl.FC(F)Oc1cccc(-c2csc(C3COCCN3)n2)c1. The average molecular weight is 349 g/mol. The first-order chi connectivity index (χ1) is 10.2. The average Bonchev–Trinajstić information content (AvgIpc) is 2.98. The van der Waals surface area contributed by atoms with Crippen molar-refractivity contribution in [1.82, 2.24) is 10.3 Å². The minimum absolute atomic E-state index is 0. The van der Waals surface area contributed by atoms with E-state index >= 15 is 0 Å². The summed E-state index contributed by atoms with van der Waals surface area (Å²) in [7, 11) is 0. The van der Waals surface area contributed by atoms with Crippen LogP contribution in [-0.2, 0) is 4.74 Å². The van der Waals surface area contributed by atoms with Crippen LogP contribution in [0.3, 0.4) is 0 Å². The number of alkyl halides is 2. The van der Waals surface area contributed by atoms with Crippen LogP contribution >= 0.6 is 23.7 Å². The van der Waals surface area contributed by atoms with Crippen LogP contribution in [-0.4, -0.2) is 31.4 Å². The maximum atomic E-state index is 12.2. The fourth-order valence-corrected chi connectivity index (χ4v) is 3.02. The number of halogens is 3. The quantitative estimate of drug-likeness (QED) is 0.918. The van der Waals surface area contributed by atoms with E-state index < -0.39 is 6.61 Å². The molecule has 1 aliphatic rings. The number of aromatic nitrogens is 1. The molecule has 0 aliphatic carbocycles. The molecule has 1 aliphatic heterocycles. The van der Waals surface area contributed by atoms with Crippen LogP contribution in [0.1, 0.15) is 11.0 Å². The number of benzene rings is 1. The van der Waals surface area contributed by atoms with E-state index in [1.165, 1.54) is 17.4 Å². The van der Waals surface area contributed by atoms with Crippen molar-refractivity contribution < 1.29 is 18.3 Å². The van der Waals surface area contributed by atoms with Gasteiger partial charge < -0.3 is 14.8 Å². The second-order valence-corrected chi connectivity index (χ2v) is 5.45. The summed E-state index contributed by atoms with van der Waals surface area (Å²) in [5.41, 5.74) is 1.51. The summed E-state index contributed by atoms with van der Waals surface area (Å²) in [4.78, 5) is 4.56. The Morgan fingerprint density at radius 2 is 2.27 bits per heavy atom. The fourth-order valence-electron chi connectivity index (χ4n) is 2.14. The monoisotopic (exact) mass is 348 g/mol. The molecular formula is C14H15ClF2N2O2S. The van der Waals surface area contributed by atoms with Gasteiger partial charge in [0.15, 0.2) is 0 Å². The molecule has 120 valence electrons. The van der Waals surface area contributed by atoms with Gasteiger partial charge in [0.05, 0.1) is 24.9 Å². The number of thiazole rings is 1. The first-order valence-electron chi connectivity index (χ1n) is 6.54. The highest BCUT2D eigenvalue weighted by Gasteiger charge is 2.19. The van der Waals surface area contributed by atoms with Crippen molar-refractivity contribution in [3.05, 3.63) is 34.7 Å². The predicted molar refractivity (Wildman–Crippen MR) is 83.0 cm³/mol. The number of nitrogens with zero attached hydrogens (tertiary/aromatic N) is 1. The second-order valence-electron chi connectivity index (χ2n) is 4.56. The zero-order valence-electron chi connectivity index (χ0n) is 11.5. The smallest absolute Gasteiger partial charge is 0.387 e. The molecule has 3 rings (SSSR count). The first kappa shape index (κ1) is 17.1. The van der Waals surface area contributed by atoms with Crippen molar-refractivity contribution in [2.75, 3.05) is 19.8 Å². The fraction of sp³-hybridized carbons (Fsp3) is 0.357. The minimum Gasteiger partial charge on any atom is -0.435 e. The molecule has 4 nitrogen and oxygen atoms in total. The van der Waals surface area contributed by atoms with Gasteiger partial charge in [0.1, 0.15) is 10.8 Å². The van der Waals surface area contributed by atoms with Gasteiger partial charge in [0.2, 0.25) is 0 Å². The molecule has 2 heterocycles. The first-order valence-corrected chi connectivity index (χ1v) is 7.42.